The Kier molecular flexibility index (Phi) is 5.09. The molecule has 27 heavy (non-hydrogen) atoms. The molecule has 3 rings (SSSR count). The third kappa shape index (κ3) is 4.24. The van der Waals surface area contributed by atoms with Crippen LogP contribution in [0.1, 0.15) is 12.5 Å². The first-order valence-electron chi connectivity index (χ1n) is 7.74. The molecule has 0 atom stereocenters. The van der Waals surface area contributed by atoms with Gasteiger partial charge < -0.3 is 14.5 Å². The summed E-state index contributed by atoms with van der Waals surface area (Å²) in [5.74, 6) is 0.00233. The Bertz CT molecular complexity index is 1110. The highest BCUT2D eigenvalue weighted by Crippen LogP contribution is 2.30. The molecule has 1 aromatic heterocycles. The quantitative estimate of drug-likeness (QED) is 0.403. The molecule has 1 heterocycles. The summed E-state index contributed by atoms with van der Waals surface area (Å²) >= 11 is 6.01. The minimum atomic E-state index is -0.573. The molecule has 0 unspecified atom stereocenters. The van der Waals surface area contributed by atoms with Crippen LogP contribution in [-0.2, 0) is 11.4 Å². The fourth-order valence-corrected chi connectivity index (χ4v) is 2.74. The highest BCUT2D eigenvalue weighted by atomic mass is 35.5. The molecule has 0 saturated heterocycles. The van der Waals surface area contributed by atoms with Crippen LogP contribution >= 0.6 is 11.6 Å². The van der Waals surface area contributed by atoms with Gasteiger partial charge in [-0.05, 0) is 18.2 Å². The first kappa shape index (κ1) is 18.4. The number of nitrogens with one attached hydrogen (secondary N) is 1. The van der Waals surface area contributed by atoms with Gasteiger partial charge in [-0.2, -0.15) is 0 Å². The van der Waals surface area contributed by atoms with Crippen molar-refractivity contribution in [3.63, 3.8) is 0 Å². The topological polar surface area (TPSA) is 112 Å². The number of nitro groups is 1. The number of amides is 1. The van der Waals surface area contributed by atoms with E-state index >= 15 is 0 Å². The van der Waals surface area contributed by atoms with E-state index in [0.717, 1.165) is 0 Å². The third-order valence-corrected chi connectivity index (χ3v) is 3.96. The summed E-state index contributed by atoms with van der Waals surface area (Å²) in [5.41, 5.74) is 0.612. The number of hydrogen-bond acceptors (Lipinski definition) is 6. The fraction of sp³-hybridized carbons (Fsp3) is 0.111. The number of anilines is 1. The van der Waals surface area contributed by atoms with Crippen molar-refractivity contribution in [1.29, 1.82) is 0 Å². The summed E-state index contributed by atoms with van der Waals surface area (Å²) in [6.45, 7) is 1.37. The average Bonchev–Trinajstić information content (AvgIpc) is 2.59. The number of halogens is 1. The number of carbonyl (C=O) groups excluding carboxylic acids is 1. The zero-order valence-electron chi connectivity index (χ0n) is 14.0. The van der Waals surface area contributed by atoms with Gasteiger partial charge in [0.1, 0.15) is 17.9 Å². The Morgan fingerprint density at radius 2 is 2.04 bits per heavy atom. The van der Waals surface area contributed by atoms with Gasteiger partial charge in [-0.3, -0.25) is 14.9 Å². The van der Waals surface area contributed by atoms with Gasteiger partial charge in [0.25, 0.3) is 5.69 Å². The Morgan fingerprint density at radius 3 is 2.70 bits per heavy atom. The maximum atomic E-state index is 11.8. The Balaban J connectivity index is 1.89. The van der Waals surface area contributed by atoms with E-state index in [-0.39, 0.29) is 29.0 Å². The number of ether oxygens (including phenoxy) is 1. The van der Waals surface area contributed by atoms with Gasteiger partial charge in [-0.1, -0.05) is 11.6 Å². The second-order valence-corrected chi connectivity index (χ2v) is 6.05. The molecule has 2 aromatic carbocycles. The fourth-order valence-electron chi connectivity index (χ4n) is 2.51. The highest BCUT2D eigenvalue weighted by molar-refractivity contribution is 6.32. The number of benzene rings is 2. The minimum absolute atomic E-state index is 0.000878. The van der Waals surface area contributed by atoms with E-state index < -0.39 is 10.5 Å². The van der Waals surface area contributed by atoms with E-state index in [4.69, 9.17) is 20.8 Å². The zero-order valence-corrected chi connectivity index (χ0v) is 14.8. The smallest absolute Gasteiger partial charge is 0.336 e. The number of nitro benzene ring substituents is 1. The largest absolute Gasteiger partial charge is 0.487 e. The molecule has 0 bridgehead atoms. The van der Waals surface area contributed by atoms with Crippen LogP contribution in [0, 0.1) is 10.1 Å². The number of nitrogens with zero attached hydrogens (tertiary/aromatic N) is 1. The van der Waals surface area contributed by atoms with Crippen LogP contribution in [-0.4, -0.2) is 10.8 Å². The Labute approximate surface area is 157 Å². The summed E-state index contributed by atoms with van der Waals surface area (Å²) in [7, 11) is 0. The van der Waals surface area contributed by atoms with Crippen molar-refractivity contribution in [2.24, 2.45) is 0 Å². The monoisotopic (exact) mass is 388 g/mol. The van der Waals surface area contributed by atoms with Gasteiger partial charge in [-0.25, -0.2) is 4.79 Å². The van der Waals surface area contributed by atoms with E-state index in [0.29, 0.717) is 22.2 Å². The van der Waals surface area contributed by atoms with Crippen molar-refractivity contribution in [2.75, 3.05) is 5.32 Å². The Hall–Kier alpha value is -3.39. The first-order valence-corrected chi connectivity index (χ1v) is 8.12. The van der Waals surface area contributed by atoms with Gasteiger partial charge >= 0.3 is 5.63 Å². The van der Waals surface area contributed by atoms with Crippen molar-refractivity contribution in [1.82, 2.24) is 0 Å². The molecule has 9 heteroatoms. The minimum Gasteiger partial charge on any atom is -0.487 e. The number of non-ortho nitro benzene ring substituents is 1. The number of fused-ring (bicyclic) bond motifs is 1. The second kappa shape index (κ2) is 7.46. The predicted molar refractivity (Wildman–Crippen MR) is 99.2 cm³/mol. The molecule has 0 fully saturated rings. The van der Waals surface area contributed by atoms with Gasteiger partial charge in [0.15, 0.2) is 0 Å². The van der Waals surface area contributed by atoms with Crippen LogP contribution in [0.25, 0.3) is 11.0 Å². The molecule has 8 nitrogen and oxygen atoms in total. The van der Waals surface area contributed by atoms with Crippen LogP contribution < -0.4 is 15.7 Å². The summed E-state index contributed by atoms with van der Waals surface area (Å²) in [6, 6.07) is 10.1. The molecule has 3 aromatic rings. The lowest BCUT2D eigenvalue weighted by Gasteiger charge is -2.10. The summed E-state index contributed by atoms with van der Waals surface area (Å²) in [5, 5.41) is 14.1. The maximum Gasteiger partial charge on any atom is 0.336 e. The average molecular weight is 389 g/mol. The first-order chi connectivity index (χ1) is 12.8. The molecule has 0 aliphatic carbocycles. The lowest BCUT2D eigenvalue weighted by Crippen LogP contribution is -2.07. The third-order valence-electron chi connectivity index (χ3n) is 3.66. The normalized spacial score (nSPS) is 10.6. The lowest BCUT2D eigenvalue weighted by atomic mass is 10.1. The highest BCUT2D eigenvalue weighted by Gasteiger charge is 2.12. The van der Waals surface area contributed by atoms with Crippen LogP contribution in [0.2, 0.25) is 5.02 Å². The molecule has 0 spiro atoms. The summed E-state index contributed by atoms with van der Waals surface area (Å²) in [6.07, 6.45) is 0. The van der Waals surface area contributed by atoms with Crippen LogP contribution in [0.4, 0.5) is 11.4 Å². The number of hydrogen-bond donors (Lipinski definition) is 1. The molecule has 0 radical (unpaired) electrons. The molecular weight excluding hydrogens is 376 g/mol. The van der Waals surface area contributed by atoms with Crippen molar-refractivity contribution >= 4 is 39.9 Å². The standard InChI is InChI=1S/C18H13ClN2O6/c1-10(22)20-12-2-4-14-11(6-18(23)27-17(14)7-12)9-26-16-5-3-13(21(24)25)8-15(16)19/h2-8H,9H2,1H3,(H,20,22). The molecule has 0 saturated carbocycles. The van der Waals surface area contributed by atoms with Gasteiger partial charge in [0, 0.05) is 47.8 Å². The van der Waals surface area contributed by atoms with Crippen molar-refractivity contribution in [2.45, 2.75) is 13.5 Å². The van der Waals surface area contributed by atoms with Crippen LogP contribution in [0.15, 0.2) is 51.7 Å². The van der Waals surface area contributed by atoms with E-state index in [1.165, 1.54) is 31.2 Å². The van der Waals surface area contributed by atoms with E-state index in [9.17, 15) is 19.7 Å². The lowest BCUT2D eigenvalue weighted by molar-refractivity contribution is -0.384. The Morgan fingerprint density at radius 1 is 1.26 bits per heavy atom. The summed E-state index contributed by atoms with van der Waals surface area (Å²) in [4.78, 5) is 33.2. The van der Waals surface area contributed by atoms with Gasteiger partial charge in [0.2, 0.25) is 5.91 Å². The van der Waals surface area contributed by atoms with E-state index in [1.807, 2.05) is 0 Å². The molecule has 1 amide bonds. The van der Waals surface area contributed by atoms with Crippen LogP contribution in [0.5, 0.6) is 5.75 Å². The molecule has 138 valence electrons. The van der Waals surface area contributed by atoms with Gasteiger partial charge in [-0.15, -0.1) is 0 Å². The molecule has 0 aliphatic rings. The van der Waals surface area contributed by atoms with Crippen molar-refractivity contribution < 1.29 is 18.9 Å². The van der Waals surface area contributed by atoms with E-state index in [2.05, 4.69) is 5.32 Å². The van der Waals surface area contributed by atoms with Gasteiger partial charge in [0.05, 0.1) is 9.95 Å². The number of carbonyl (C=O) groups is 1. The maximum absolute atomic E-state index is 11.8. The number of rotatable bonds is 5. The predicted octanol–water partition coefficient (Wildman–Crippen LogP) is 3.89. The molecular formula is C18H13ClN2O6. The van der Waals surface area contributed by atoms with Crippen molar-refractivity contribution in [3.05, 3.63) is 73.6 Å². The second-order valence-electron chi connectivity index (χ2n) is 5.64. The van der Waals surface area contributed by atoms with E-state index in [1.54, 1.807) is 18.2 Å². The zero-order chi connectivity index (χ0) is 19.6. The van der Waals surface area contributed by atoms with Crippen LogP contribution in [0.3, 0.4) is 0 Å². The van der Waals surface area contributed by atoms with Crippen molar-refractivity contribution in [3.8, 4) is 5.75 Å². The summed E-state index contributed by atoms with van der Waals surface area (Å²) < 4.78 is 10.8. The molecule has 1 N–H and O–H groups in total. The molecule has 0 aliphatic heterocycles. The SMILES string of the molecule is CC(=O)Nc1ccc2c(COc3ccc([N+](=O)[O-])cc3Cl)cc(=O)oc2c1.